The molecular weight excluding hydrogens is 330 g/mol. The van der Waals surface area contributed by atoms with E-state index >= 15 is 0 Å². The van der Waals surface area contributed by atoms with E-state index < -0.39 is 5.97 Å². The van der Waals surface area contributed by atoms with Crippen LogP contribution in [0.5, 0.6) is 0 Å². The topological polar surface area (TPSA) is 72.9 Å². The standard InChI is InChI=1S/C20H29N3O3/c1-2-19(24)21-16-7-8-18(17(12-16)20(25)26)23-11-5-6-15(14-23)13-22-9-3-4-10-22/h7-8,12,15H,2-6,9-11,13-14H2,1H3,(H,21,24)(H,25,26)/t15-/m1/s1. The van der Waals surface area contributed by atoms with Crippen LogP contribution in [0.15, 0.2) is 18.2 Å². The first-order valence-electron chi connectivity index (χ1n) is 9.71. The summed E-state index contributed by atoms with van der Waals surface area (Å²) in [5, 5.41) is 12.4. The maximum absolute atomic E-state index is 11.8. The minimum absolute atomic E-state index is 0.113. The Balaban J connectivity index is 1.73. The van der Waals surface area contributed by atoms with Gasteiger partial charge in [0.15, 0.2) is 0 Å². The molecule has 0 bridgehead atoms. The maximum Gasteiger partial charge on any atom is 0.337 e. The highest BCUT2D eigenvalue weighted by Crippen LogP contribution is 2.29. The summed E-state index contributed by atoms with van der Waals surface area (Å²) in [6.07, 6.45) is 5.26. The highest BCUT2D eigenvalue weighted by Gasteiger charge is 2.26. The monoisotopic (exact) mass is 359 g/mol. The molecule has 2 N–H and O–H groups in total. The fourth-order valence-electron chi connectivity index (χ4n) is 4.07. The van der Waals surface area contributed by atoms with E-state index in [1.807, 2.05) is 6.07 Å². The van der Waals surface area contributed by atoms with E-state index in [1.165, 1.54) is 32.4 Å². The van der Waals surface area contributed by atoms with Gasteiger partial charge >= 0.3 is 5.97 Å². The van der Waals surface area contributed by atoms with Gasteiger partial charge < -0.3 is 20.2 Å². The Labute approximate surface area is 155 Å². The predicted octanol–water partition coefficient (Wildman–Crippen LogP) is 3.05. The fraction of sp³-hybridized carbons (Fsp3) is 0.600. The lowest BCUT2D eigenvalue weighted by molar-refractivity contribution is -0.115. The first-order chi connectivity index (χ1) is 12.6. The zero-order valence-electron chi connectivity index (χ0n) is 15.5. The van der Waals surface area contributed by atoms with Gasteiger partial charge in [0.05, 0.1) is 11.3 Å². The lowest BCUT2D eigenvalue weighted by Crippen LogP contribution is -2.41. The molecule has 2 aliphatic heterocycles. The van der Waals surface area contributed by atoms with Crippen LogP contribution in [0, 0.1) is 5.92 Å². The molecule has 6 nitrogen and oxygen atoms in total. The fourth-order valence-corrected chi connectivity index (χ4v) is 4.07. The van der Waals surface area contributed by atoms with Crippen LogP contribution in [0.4, 0.5) is 11.4 Å². The molecule has 142 valence electrons. The maximum atomic E-state index is 11.8. The number of likely N-dealkylation sites (tertiary alicyclic amines) is 1. The molecule has 0 aliphatic carbocycles. The zero-order chi connectivity index (χ0) is 18.5. The summed E-state index contributed by atoms with van der Waals surface area (Å²) in [4.78, 5) is 28.1. The van der Waals surface area contributed by atoms with Crippen molar-refractivity contribution in [3.05, 3.63) is 23.8 Å². The van der Waals surface area contributed by atoms with E-state index in [1.54, 1.807) is 19.1 Å². The molecule has 0 aromatic heterocycles. The molecule has 2 aliphatic rings. The molecule has 3 rings (SSSR count). The largest absolute Gasteiger partial charge is 0.478 e. The van der Waals surface area contributed by atoms with Gasteiger partial charge in [-0.05, 0) is 62.9 Å². The number of piperidine rings is 1. The number of carbonyl (C=O) groups is 2. The molecule has 2 saturated heterocycles. The summed E-state index contributed by atoms with van der Waals surface area (Å²) in [7, 11) is 0. The van der Waals surface area contributed by atoms with E-state index in [0.29, 0.717) is 18.0 Å². The Hall–Kier alpha value is -2.08. The van der Waals surface area contributed by atoms with Gasteiger partial charge in [-0.2, -0.15) is 0 Å². The van der Waals surface area contributed by atoms with Gasteiger partial charge in [0.25, 0.3) is 0 Å². The first kappa shape index (κ1) is 18.7. The lowest BCUT2D eigenvalue weighted by atomic mass is 9.96. The zero-order valence-corrected chi connectivity index (χ0v) is 15.5. The molecule has 1 atom stereocenters. The van der Waals surface area contributed by atoms with Crippen LogP contribution in [0.1, 0.15) is 49.4 Å². The molecular formula is C20H29N3O3. The van der Waals surface area contributed by atoms with Crippen molar-refractivity contribution < 1.29 is 14.7 Å². The van der Waals surface area contributed by atoms with Crippen molar-refractivity contribution in [3.63, 3.8) is 0 Å². The van der Waals surface area contributed by atoms with Crippen molar-refractivity contribution in [1.29, 1.82) is 0 Å². The van der Waals surface area contributed by atoms with E-state index in [9.17, 15) is 14.7 Å². The average molecular weight is 359 g/mol. The second-order valence-electron chi connectivity index (χ2n) is 7.40. The van der Waals surface area contributed by atoms with E-state index in [-0.39, 0.29) is 11.5 Å². The average Bonchev–Trinajstić information content (AvgIpc) is 3.14. The van der Waals surface area contributed by atoms with Crippen LogP contribution in [-0.4, -0.2) is 54.6 Å². The van der Waals surface area contributed by atoms with Gasteiger partial charge in [-0.15, -0.1) is 0 Å². The quantitative estimate of drug-likeness (QED) is 0.817. The molecule has 1 amide bonds. The van der Waals surface area contributed by atoms with Gasteiger partial charge in [0.1, 0.15) is 0 Å². The van der Waals surface area contributed by atoms with Gasteiger partial charge in [0, 0.05) is 31.7 Å². The third-order valence-corrected chi connectivity index (χ3v) is 5.41. The minimum atomic E-state index is -0.950. The smallest absolute Gasteiger partial charge is 0.337 e. The second kappa shape index (κ2) is 8.54. The summed E-state index contributed by atoms with van der Waals surface area (Å²) in [6, 6.07) is 5.22. The number of carboxylic acids is 1. The molecule has 6 heteroatoms. The normalized spacial score (nSPS) is 21.0. The number of nitrogens with zero attached hydrogens (tertiary/aromatic N) is 2. The molecule has 1 aromatic carbocycles. The summed E-state index contributed by atoms with van der Waals surface area (Å²) in [5.74, 6) is -0.477. The Morgan fingerprint density at radius 3 is 2.65 bits per heavy atom. The Morgan fingerprint density at radius 2 is 1.96 bits per heavy atom. The summed E-state index contributed by atoms with van der Waals surface area (Å²) in [6.45, 7) is 7.07. The number of benzene rings is 1. The third kappa shape index (κ3) is 4.55. The summed E-state index contributed by atoms with van der Waals surface area (Å²) >= 11 is 0. The number of hydrogen-bond acceptors (Lipinski definition) is 4. The van der Waals surface area contributed by atoms with Crippen molar-refractivity contribution in [3.8, 4) is 0 Å². The van der Waals surface area contributed by atoms with Crippen molar-refractivity contribution in [1.82, 2.24) is 4.90 Å². The predicted molar refractivity (Wildman–Crippen MR) is 103 cm³/mol. The molecule has 26 heavy (non-hydrogen) atoms. The van der Waals surface area contributed by atoms with Gasteiger partial charge in [-0.25, -0.2) is 4.79 Å². The molecule has 0 saturated carbocycles. The molecule has 1 aromatic rings. The van der Waals surface area contributed by atoms with Crippen LogP contribution in [0.25, 0.3) is 0 Å². The van der Waals surface area contributed by atoms with Crippen molar-refractivity contribution in [2.45, 2.75) is 39.0 Å². The van der Waals surface area contributed by atoms with Gasteiger partial charge in [0.2, 0.25) is 5.91 Å². The van der Waals surface area contributed by atoms with Crippen LogP contribution in [-0.2, 0) is 4.79 Å². The van der Waals surface area contributed by atoms with Crippen LogP contribution in [0.2, 0.25) is 0 Å². The van der Waals surface area contributed by atoms with E-state index in [2.05, 4.69) is 15.1 Å². The van der Waals surface area contributed by atoms with Crippen molar-refractivity contribution in [2.75, 3.05) is 42.9 Å². The lowest BCUT2D eigenvalue weighted by Gasteiger charge is -2.36. The first-order valence-corrected chi connectivity index (χ1v) is 9.71. The Kier molecular flexibility index (Phi) is 6.14. The molecule has 0 unspecified atom stereocenters. The van der Waals surface area contributed by atoms with Crippen molar-refractivity contribution >= 4 is 23.3 Å². The number of carbonyl (C=O) groups excluding carboxylic acids is 1. The van der Waals surface area contributed by atoms with Crippen molar-refractivity contribution in [2.24, 2.45) is 5.92 Å². The van der Waals surface area contributed by atoms with Crippen LogP contribution >= 0.6 is 0 Å². The number of anilines is 2. The number of carboxylic acid groups (broad SMARTS) is 1. The minimum Gasteiger partial charge on any atom is -0.478 e. The number of rotatable bonds is 6. The van der Waals surface area contributed by atoms with Gasteiger partial charge in [-0.3, -0.25) is 4.79 Å². The number of nitrogens with one attached hydrogen (secondary N) is 1. The summed E-state index contributed by atoms with van der Waals surface area (Å²) < 4.78 is 0. The number of hydrogen-bond donors (Lipinski definition) is 2. The highest BCUT2D eigenvalue weighted by atomic mass is 16.4. The second-order valence-corrected chi connectivity index (χ2v) is 7.40. The SMILES string of the molecule is CCC(=O)Nc1ccc(N2CCC[C@H](CN3CCCC3)C2)c(C(=O)O)c1. The molecule has 0 spiro atoms. The molecule has 2 heterocycles. The van der Waals surface area contributed by atoms with Gasteiger partial charge in [-0.1, -0.05) is 6.92 Å². The number of amides is 1. The van der Waals surface area contributed by atoms with E-state index in [4.69, 9.17) is 0 Å². The highest BCUT2D eigenvalue weighted by molar-refractivity contribution is 5.98. The summed E-state index contributed by atoms with van der Waals surface area (Å²) in [5.41, 5.74) is 1.57. The molecule has 0 radical (unpaired) electrons. The number of aromatic carboxylic acids is 1. The Morgan fingerprint density at radius 1 is 1.19 bits per heavy atom. The Bertz CT molecular complexity index is 656. The molecule has 2 fully saturated rings. The van der Waals surface area contributed by atoms with E-state index in [0.717, 1.165) is 31.7 Å². The third-order valence-electron chi connectivity index (χ3n) is 5.41. The van der Waals surface area contributed by atoms with Crippen LogP contribution < -0.4 is 10.2 Å². The van der Waals surface area contributed by atoms with Crippen LogP contribution in [0.3, 0.4) is 0 Å².